The van der Waals surface area contributed by atoms with Gasteiger partial charge in [-0.05, 0) is 37.6 Å². The first-order valence-electron chi connectivity index (χ1n) is 9.73. The van der Waals surface area contributed by atoms with E-state index in [0.717, 1.165) is 38.3 Å². The highest BCUT2D eigenvalue weighted by atomic mass is 32.2. The number of piperazine rings is 1. The Morgan fingerprint density at radius 2 is 1.87 bits per heavy atom. The lowest BCUT2D eigenvalue weighted by Crippen LogP contribution is -2.45. The van der Waals surface area contributed by atoms with E-state index in [0.29, 0.717) is 12.1 Å². The van der Waals surface area contributed by atoms with Crippen LogP contribution in [0.4, 0.5) is 8.78 Å². The monoisotopic (exact) mass is 440 g/mol. The molecule has 10 heteroatoms. The normalized spacial score (nSPS) is 16.6. The number of aromatic nitrogens is 1. The van der Waals surface area contributed by atoms with Crippen LogP contribution in [-0.4, -0.2) is 57.1 Å². The molecule has 2 aromatic rings. The molecule has 2 heterocycles. The van der Waals surface area contributed by atoms with Gasteiger partial charge in [-0.2, -0.15) is 0 Å². The summed E-state index contributed by atoms with van der Waals surface area (Å²) in [6.07, 6.45) is -0.180. The number of hydrogen-bond acceptors (Lipinski definition) is 6. The van der Waals surface area contributed by atoms with Crippen LogP contribution in [0.15, 0.2) is 35.2 Å². The van der Waals surface area contributed by atoms with E-state index in [2.05, 4.69) is 15.2 Å². The summed E-state index contributed by atoms with van der Waals surface area (Å²) in [7, 11) is -4.11. The number of nitrogens with one attached hydrogen (secondary N) is 1. The minimum atomic E-state index is -4.11. The molecule has 1 aromatic carbocycles. The van der Waals surface area contributed by atoms with Gasteiger partial charge in [-0.15, -0.1) is 0 Å². The van der Waals surface area contributed by atoms with Gasteiger partial charge in [0.05, 0.1) is 11.8 Å². The topological polar surface area (TPSA) is 97.5 Å². The van der Waals surface area contributed by atoms with Gasteiger partial charge in [0.15, 0.2) is 11.6 Å². The molecule has 0 bridgehead atoms. The zero-order valence-electron chi connectivity index (χ0n) is 16.9. The fourth-order valence-electron chi connectivity index (χ4n) is 3.47. The number of nitrogens with zero attached hydrogens (tertiary/aromatic N) is 2. The molecule has 0 radical (unpaired) electrons. The van der Waals surface area contributed by atoms with Crippen LogP contribution in [0.3, 0.4) is 0 Å². The highest BCUT2D eigenvalue weighted by molar-refractivity contribution is 7.89. The highest BCUT2D eigenvalue weighted by Crippen LogP contribution is 2.32. The van der Waals surface area contributed by atoms with E-state index in [-0.39, 0.29) is 22.6 Å². The summed E-state index contributed by atoms with van der Waals surface area (Å²) in [6, 6.07) is 6.33. The Labute approximate surface area is 175 Å². The third-order valence-electron chi connectivity index (χ3n) is 4.85. The lowest BCUT2D eigenvalue weighted by atomic mass is 9.93. The van der Waals surface area contributed by atoms with Crippen LogP contribution >= 0.6 is 0 Å². The second-order valence-corrected chi connectivity index (χ2v) is 9.05. The van der Waals surface area contributed by atoms with Crippen molar-refractivity contribution in [2.45, 2.75) is 30.8 Å². The zero-order chi connectivity index (χ0) is 21.9. The van der Waals surface area contributed by atoms with Crippen LogP contribution in [0.25, 0.3) is 0 Å². The van der Waals surface area contributed by atoms with E-state index < -0.39 is 27.6 Å². The van der Waals surface area contributed by atoms with Gasteiger partial charge >= 0.3 is 0 Å². The molecule has 164 valence electrons. The third-order valence-corrected chi connectivity index (χ3v) is 5.81. The summed E-state index contributed by atoms with van der Waals surface area (Å²) >= 11 is 0. The Bertz CT molecular complexity index is 996. The maximum absolute atomic E-state index is 14.0. The molecule has 0 spiro atoms. The highest BCUT2D eigenvalue weighted by Gasteiger charge is 2.28. The predicted octanol–water partition coefficient (Wildman–Crippen LogP) is 1.83. The standard InChI is InChI=1S/C20H26F2N4O3S/c1-13(2)29-19-6-5-18(30(23,27)28)20(25-19)15(12-26-9-7-24-8-10-26)14-3-4-16(21)17(22)11-14/h3-6,11,13,15,24H,7-10,12H2,1-2H3,(H2,23,27,28). The molecule has 1 unspecified atom stereocenters. The van der Waals surface area contributed by atoms with Crippen LogP contribution in [-0.2, 0) is 10.0 Å². The summed E-state index contributed by atoms with van der Waals surface area (Å²) < 4.78 is 57.8. The van der Waals surface area contributed by atoms with Crippen LogP contribution in [0.5, 0.6) is 5.88 Å². The van der Waals surface area contributed by atoms with Crippen LogP contribution in [0.1, 0.15) is 31.0 Å². The second kappa shape index (κ2) is 9.34. The average Bonchev–Trinajstić information content (AvgIpc) is 2.68. The van der Waals surface area contributed by atoms with Gasteiger partial charge in [0.1, 0.15) is 4.90 Å². The average molecular weight is 441 g/mol. The van der Waals surface area contributed by atoms with E-state index in [9.17, 15) is 17.2 Å². The first-order chi connectivity index (χ1) is 14.1. The first-order valence-corrected chi connectivity index (χ1v) is 11.3. The number of benzene rings is 1. The number of primary sulfonamides is 1. The number of hydrogen-bond donors (Lipinski definition) is 2. The van der Waals surface area contributed by atoms with Crippen LogP contribution in [0, 0.1) is 11.6 Å². The molecule has 1 fully saturated rings. The van der Waals surface area contributed by atoms with Crippen molar-refractivity contribution in [1.82, 2.24) is 15.2 Å². The van der Waals surface area contributed by atoms with Gasteiger partial charge in [-0.25, -0.2) is 27.3 Å². The van der Waals surface area contributed by atoms with Crippen molar-refractivity contribution < 1.29 is 21.9 Å². The van der Waals surface area contributed by atoms with Gasteiger partial charge in [-0.3, -0.25) is 4.90 Å². The molecule has 1 aliphatic heterocycles. The van der Waals surface area contributed by atoms with Gasteiger partial charge in [0, 0.05) is 44.7 Å². The molecule has 7 nitrogen and oxygen atoms in total. The molecule has 1 aliphatic rings. The molecular weight excluding hydrogens is 414 g/mol. The zero-order valence-corrected chi connectivity index (χ0v) is 17.8. The molecule has 1 atom stereocenters. The second-order valence-electron chi connectivity index (χ2n) is 7.52. The molecule has 1 saturated heterocycles. The van der Waals surface area contributed by atoms with E-state index in [1.807, 2.05) is 13.8 Å². The number of halogens is 2. The van der Waals surface area contributed by atoms with Crippen molar-refractivity contribution in [2.75, 3.05) is 32.7 Å². The Morgan fingerprint density at radius 3 is 2.47 bits per heavy atom. The predicted molar refractivity (Wildman–Crippen MR) is 109 cm³/mol. The lowest BCUT2D eigenvalue weighted by molar-refractivity contribution is 0.225. The summed E-state index contributed by atoms with van der Waals surface area (Å²) in [5.74, 6) is -2.40. The minimum Gasteiger partial charge on any atom is -0.475 e. The minimum absolute atomic E-state index is 0.153. The van der Waals surface area contributed by atoms with Crippen molar-refractivity contribution in [3.8, 4) is 5.88 Å². The largest absolute Gasteiger partial charge is 0.475 e. The van der Waals surface area contributed by atoms with E-state index in [1.54, 1.807) is 0 Å². The summed E-state index contributed by atoms with van der Waals surface area (Å²) in [4.78, 5) is 6.39. The Morgan fingerprint density at radius 1 is 1.17 bits per heavy atom. The van der Waals surface area contributed by atoms with Gasteiger partial charge in [-0.1, -0.05) is 6.07 Å². The Kier molecular flexibility index (Phi) is 7.02. The van der Waals surface area contributed by atoms with Crippen molar-refractivity contribution >= 4 is 10.0 Å². The summed E-state index contributed by atoms with van der Waals surface area (Å²) in [6.45, 7) is 7.02. The smallest absolute Gasteiger partial charge is 0.239 e. The molecule has 3 N–H and O–H groups in total. The van der Waals surface area contributed by atoms with E-state index in [4.69, 9.17) is 9.88 Å². The quantitative estimate of drug-likeness (QED) is 0.682. The van der Waals surface area contributed by atoms with Crippen molar-refractivity contribution in [3.63, 3.8) is 0 Å². The van der Waals surface area contributed by atoms with Gasteiger partial charge < -0.3 is 10.1 Å². The number of ether oxygens (including phenoxy) is 1. The Balaban J connectivity index is 2.13. The summed E-state index contributed by atoms with van der Waals surface area (Å²) in [5, 5.41) is 8.69. The fraction of sp³-hybridized carbons (Fsp3) is 0.450. The molecule has 0 amide bonds. The maximum Gasteiger partial charge on any atom is 0.239 e. The van der Waals surface area contributed by atoms with Crippen molar-refractivity contribution in [1.29, 1.82) is 0 Å². The van der Waals surface area contributed by atoms with Crippen LogP contribution in [0.2, 0.25) is 0 Å². The third kappa shape index (κ3) is 5.51. The number of pyridine rings is 1. The van der Waals surface area contributed by atoms with Crippen molar-refractivity contribution in [3.05, 3.63) is 53.2 Å². The van der Waals surface area contributed by atoms with Gasteiger partial charge in [0.25, 0.3) is 0 Å². The molecule has 0 saturated carbocycles. The number of rotatable bonds is 7. The number of sulfonamides is 1. The molecule has 30 heavy (non-hydrogen) atoms. The molecule has 0 aliphatic carbocycles. The SMILES string of the molecule is CC(C)Oc1ccc(S(N)(=O)=O)c(C(CN2CCNCC2)c2ccc(F)c(F)c2)n1. The molecular formula is C20H26F2N4O3S. The Hall–Kier alpha value is -2.14. The van der Waals surface area contributed by atoms with Crippen LogP contribution < -0.4 is 15.2 Å². The van der Waals surface area contributed by atoms with Crippen molar-refractivity contribution in [2.24, 2.45) is 5.14 Å². The fourth-order valence-corrected chi connectivity index (χ4v) is 4.21. The first kappa shape index (κ1) is 22.5. The maximum atomic E-state index is 14.0. The lowest BCUT2D eigenvalue weighted by Gasteiger charge is -2.31. The van der Waals surface area contributed by atoms with Gasteiger partial charge in [0.2, 0.25) is 15.9 Å². The summed E-state index contributed by atoms with van der Waals surface area (Å²) in [5.41, 5.74) is 0.562. The number of nitrogens with two attached hydrogens (primary N) is 1. The van der Waals surface area contributed by atoms with E-state index in [1.165, 1.54) is 18.2 Å². The molecule has 1 aromatic heterocycles. The van der Waals surface area contributed by atoms with E-state index >= 15 is 0 Å². The molecule has 3 rings (SSSR count).